The number of hydrogen-bond acceptors (Lipinski definition) is 5. The van der Waals surface area contributed by atoms with Crippen molar-refractivity contribution in [3.05, 3.63) is 0 Å². The highest BCUT2D eigenvalue weighted by atomic mass is 32.2. The smallest absolute Gasteiger partial charge is 0.214 e. The minimum atomic E-state index is -3.53. The Morgan fingerprint density at radius 2 is 1.57 bits per heavy atom. The van der Waals surface area contributed by atoms with Crippen molar-refractivity contribution < 1.29 is 21.6 Å². The first-order valence-electron chi connectivity index (χ1n) is 7.89. The van der Waals surface area contributed by atoms with Gasteiger partial charge in [-0.3, -0.25) is 0 Å². The quantitative estimate of drug-likeness (QED) is 0.499. The Morgan fingerprint density at radius 1 is 1.00 bits per heavy atom. The van der Waals surface area contributed by atoms with Gasteiger partial charge in [0.2, 0.25) is 20.0 Å². The molecule has 0 amide bonds. The van der Waals surface area contributed by atoms with Crippen LogP contribution >= 0.6 is 0 Å². The van der Waals surface area contributed by atoms with Gasteiger partial charge in [-0.1, -0.05) is 6.92 Å². The Hall–Kier alpha value is -0.220. The lowest BCUT2D eigenvalue weighted by atomic mass is 10.0. The van der Waals surface area contributed by atoms with Crippen molar-refractivity contribution in [3.8, 4) is 0 Å². The van der Waals surface area contributed by atoms with Gasteiger partial charge in [-0.15, -0.1) is 0 Å². The predicted molar refractivity (Wildman–Crippen MR) is 92.8 cm³/mol. The molecule has 0 aliphatic rings. The zero-order valence-corrected chi connectivity index (χ0v) is 16.2. The van der Waals surface area contributed by atoms with Gasteiger partial charge in [0.05, 0.1) is 10.00 Å². The van der Waals surface area contributed by atoms with E-state index in [2.05, 4.69) is 0 Å². The Labute approximate surface area is 141 Å². The van der Waals surface area contributed by atoms with E-state index in [1.165, 1.54) is 0 Å². The summed E-state index contributed by atoms with van der Waals surface area (Å²) in [5.74, 6) is 0.213. The van der Waals surface area contributed by atoms with E-state index in [0.29, 0.717) is 26.1 Å². The van der Waals surface area contributed by atoms with Crippen molar-refractivity contribution in [2.24, 2.45) is 16.2 Å². The molecule has 0 aliphatic carbocycles. The molecule has 7 nitrogen and oxygen atoms in total. The number of nitrogens with two attached hydrogens (primary N) is 2. The maximum absolute atomic E-state index is 11.3. The van der Waals surface area contributed by atoms with E-state index in [0.717, 1.165) is 19.3 Å². The van der Waals surface area contributed by atoms with Crippen molar-refractivity contribution in [1.82, 2.24) is 0 Å². The van der Waals surface area contributed by atoms with E-state index in [9.17, 15) is 16.8 Å². The normalized spacial score (nSPS) is 16.3. The number of unbranched alkanes of at least 4 members (excludes halogenated alkanes) is 1. The lowest BCUT2D eigenvalue weighted by Crippen LogP contribution is -2.37. The Morgan fingerprint density at radius 3 is 2.04 bits per heavy atom. The van der Waals surface area contributed by atoms with E-state index in [4.69, 9.17) is 15.0 Å². The van der Waals surface area contributed by atoms with Crippen LogP contribution in [0, 0.1) is 5.92 Å². The summed E-state index contributed by atoms with van der Waals surface area (Å²) in [4.78, 5) is 0. The van der Waals surface area contributed by atoms with Crippen LogP contribution in [0.3, 0.4) is 0 Å². The molecular weight excluding hydrogens is 340 g/mol. The number of rotatable bonds is 12. The standard InChI is InChI=1S/C14H32N2O5S2/c1-12(11-13(2)22(15,17)18)7-10-21-9-6-5-8-14(3,4)23(16,19)20/h12-13H,5-11H2,1-4H3,(H2,15,17,18)(H2,16,19,20). The second-order valence-corrected chi connectivity index (χ2v) is 11.1. The third-order valence-corrected chi connectivity index (χ3v) is 7.20. The summed E-state index contributed by atoms with van der Waals surface area (Å²) in [5.41, 5.74) is 0. The van der Waals surface area contributed by atoms with Gasteiger partial charge < -0.3 is 4.74 Å². The van der Waals surface area contributed by atoms with E-state index in [-0.39, 0.29) is 5.92 Å². The monoisotopic (exact) mass is 372 g/mol. The fraction of sp³-hybridized carbons (Fsp3) is 1.00. The highest BCUT2D eigenvalue weighted by molar-refractivity contribution is 7.90. The van der Waals surface area contributed by atoms with Crippen molar-refractivity contribution in [3.63, 3.8) is 0 Å². The third-order valence-electron chi connectivity index (χ3n) is 4.14. The van der Waals surface area contributed by atoms with E-state index in [1.54, 1.807) is 20.8 Å². The maximum Gasteiger partial charge on any atom is 0.214 e. The maximum atomic E-state index is 11.3. The van der Waals surface area contributed by atoms with Crippen molar-refractivity contribution in [1.29, 1.82) is 0 Å². The Balaban J connectivity index is 3.79. The highest BCUT2D eigenvalue weighted by Crippen LogP contribution is 2.20. The molecular formula is C14H32N2O5S2. The molecule has 0 bridgehead atoms. The molecule has 0 fully saturated rings. The zero-order chi connectivity index (χ0) is 18.3. The van der Waals surface area contributed by atoms with Crippen LogP contribution in [0.25, 0.3) is 0 Å². The molecule has 0 radical (unpaired) electrons. The molecule has 0 aromatic rings. The molecule has 9 heteroatoms. The molecule has 0 spiro atoms. The minimum Gasteiger partial charge on any atom is -0.381 e. The molecule has 0 aromatic heterocycles. The van der Waals surface area contributed by atoms with Gasteiger partial charge in [-0.05, 0) is 58.8 Å². The van der Waals surface area contributed by atoms with Crippen LogP contribution in [0.15, 0.2) is 0 Å². The fourth-order valence-corrected chi connectivity index (χ4v) is 3.13. The lowest BCUT2D eigenvalue weighted by Gasteiger charge is -2.21. The largest absolute Gasteiger partial charge is 0.381 e. The average molecular weight is 373 g/mol. The van der Waals surface area contributed by atoms with Crippen molar-refractivity contribution in [2.75, 3.05) is 13.2 Å². The number of hydrogen-bond donors (Lipinski definition) is 2. The molecule has 0 saturated carbocycles. The Bertz CT molecular complexity index is 544. The van der Waals surface area contributed by atoms with Crippen LogP contribution in [0.2, 0.25) is 0 Å². The average Bonchev–Trinajstić information content (AvgIpc) is 2.34. The lowest BCUT2D eigenvalue weighted by molar-refractivity contribution is 0.116. The molecule has 0 aliphatic heterocycles. The number of sulfonamides is 2. The highest BCUT2D eigenvalue weighted by Gasteiger charge is 2.30. The van der Waals surface area contributed by atoms with E-state index < -0.39 is 30.0 Å². The van der Waals surface area contributed by atoms with Crippen molar-refractivity contribution >= 4 is 20.0 Å². The first-order valence-corrected chi connectivity index (χ1v) is 11.0. The first kappa shape index (κ1) is 22.8. The van der Waals surface area contributed by atoms with Crippen LogP contribution in [0.4, 0.5) is 0 Å². The van der Waals surface area contributed by atoms with Gasteiger partial charge in [-0.2, -0.15) is 0 Å². The summed E-state index contributed by atoms with van der Waals surface area (Å²) >= 11 is 0. The summed E-state index contributed by atoms with van der Waals surface area (Å²) in [6, 6.07) is 0. The van der Waals surface area contributed by atoms with Gasteiger partial charge in [-0.25, -0.2) is 27.1 Å². The van der Waals surface area contributed by atoms with Gasteiger partial charge in [0, 0.05) is 13.2 Å². The zero-order valence-electron chi connectivity index (χ0n) is 14.6. The summed E-state index contributed by atoms with van der Waals surface area (Å²) in [7, 11) is -7.00. The van der Waals surface area contributed by atoms with Gasteiger partial charge >= 0.3 is 0 Å². The summed E-state index contributed by atoms with van der Waals surface area (Å²) in [6.07, 6.45) is 3.27. The molecule has 140 valence electrons. The summed E-state index contributed by atoms with van der Waals surface area (Å²) in [5, 5.41) is 9.72. The van der Waals surface area contributed by atoms with Crippen molar-refractivity contribution in [2.45, 2.75) is 69.8 Å². The predicted octanol–water partition coefficient (Wildman–Crippen LogP) is 1.33. The Kier molecular flexibility index (Phi) is 9.22. The molecule has 0 saturated heterocycles. The van der Waals surface area contributed by atoms with Crippen LogP contribution in [0.5, 0.6) is 0 Å². The number of ether oxygens (including phenoxy) is 1. The van der Waals surface area contributed by atoms with Gasteiger partial charge in [0.15, 0.2) is 0 Å². The molecule has 4 N–H and O–H groups in total. The topological polar surface area (TPSA) is 130 Å². The third kappa shape index (κ3) is 9.61. The van der Waals surface area contributed by atoms with Crippen LogP contribution in [0.1, 0.15) is 59.8 Å². The van der Waals surface area contributed by atoms with E-state index in [1.807, 2.05) is 6.92 Å². The van der Waals surface area contributed by atoms with E-state index >= 15 is 0 Å². The first-order chi connectivity index (χ1) is 10.3. The van der Waals surface area contributed by atoms with Crippen LogP contribution in [-0.2, 0) is 24.8 Å². The van der Waals surface area contributed by atoms with Gasteiger partial charge in [0.1, 0.15) is 0 Å². The summed E-state index contributed by atoms with van der Waals surface area (Å²) in [6.45, 7) is 7.93. The molecule has 0 heterocycles. The number of primary sulfonamides is 2. The molecule has 2 atom stereocenters. The summed E-state index contributed by atoms with van der Waals surface area (Å²) < 4.78 is 49.6. The molecule has 23 heavy (non-hydrogen) atoms. The molecule has 0 aromatic carbocycles. The second-order valence-electron chi connectivity index (χ2n) is 6.90. The SMILES string of the molecule is CC(CCOCCCCC(C)(C)S(N)(=O)=O)CC(C)S(N)(=O)=O. The second kappa shape index (κ2) is 9.31. The van der Waals surface area contributed by atoms with Crippen LogP contribution < -0.4 is 10.3 Å². The minimum absolute atomic E-state index is 0.213. The molecule has 2 unspecified atom stereocenters. The fourth-order valence-electron chi connectivity index (χ4n) is 2.10. The molecule has 0 rings (SSSR count). The van der Waals surface area contributed by atoms with Crippen LogP contribution in [-0.4, -0.2) is 40.0 Å². The van der Waals surface area contributed by atoms with Gasteiger partial charge in [0.25, 0.3) is 0 Å².